The number of aromatic hydroxyl groups is 1. The number of hydrogen-bond acceptors (Lipinski definition) is 3. The van der Waals surface area contributed by atoms with E-state index in [2.05, 4.69) is 20.9 Å². The Kier molecular flexibility index (Phi) is 4.05. The van der Waals surface area contributed by atoms with E-state index in [1.54, 1.807) is 0 Å². The number of anilines is 1. The minimum absolute atomic E-state index is 0.0432. The van der Waals surface area contributed by atoms with Gasteiger partial charge in [0, 0.05) is 9.86 Å². The highest BCUT2D eigenvalue weighted by molar-refractivity contribution is 9.10. The molecule has 0 unspecified atom stereocenters. The number of nitrogen functional groups attached to an aromatic ring is 1. The van der Waals surface area contributed by atoms with Crippen LogP contribution in [0.25, 0.3) is 23.1 Å². The van der Waals surface area contributed by atoms with Crippen LogP contribution in [0.2, 0.25) is 5.02 Å². The summed E-state index contributed by atoms with van der Waals surface area (Å²) in [6, 6.07) is 13.1. The highest BCUT2D eigenvalue weighted by Crippen LogP contribution is 2.35. The quantitative estimate of drug-likeness (QED) is 0.483. The van der Waals surface area contributed by atoms with Crippen LogP contribution in [0.1, 0.15) is 11.3 Å². The largest absolute Gasteiger partial charge is 0.504 e. The molecule has 0 atom stereocenters. The van der Waals surface area contributed by atoms with Gasteiger partial charge in [-0.15, -0.1) is 0 Å². The number of halogens is 2. The van der Waals surface area contributed by atoms with Gasteiger partial charge in [-0.05, 0) is 42.0 Å². The Morgan fingerprint density at radius 1 is 1.09 bits per heavy atom. The van der Waals surface area contributed by atoms with Crippen LogP contribution in [0.15, 0.2) is 46.9 Å². The van der Waals surface area contributed by atoms with E-state index in [1.807, 2.05) is 48.6 Å². The zero-order valence-electron chi connectivity index (χ0n) is 11.4. The van der Waals surface area contributed by atoms with Gasteiger partial charge in [-0.25, -0.2) is 4.98 Å². The molecule has 1 aromatic heterocycles. The van der Waals surface area contributed by atoms with Crippen molar-refractivity contribution in [2.24, 2.45) is 0 Å². The number of phenolic OH excluding ortho intramolecular Hbond substituents is 1. The van der Waals surface area contributed by atoms with Gasteiger partial charge in [-0.1, -0.05) is 45.7 Å². The van der Waals surface area contributed by atoms with Crippen LogP contribution in [0, 0.1) is 0 Å². The molecule has 22 heavy (non-hydrogen) atoms. The molecule has 3 N–H and O–H groups in total. The Balaban J connectivity index is 2.01. The Morgan fingerprint density at radius 2 is 1.82 bits per heavy atom. The fourth-order valence-corrected chi connectivity index (χ4v) is 2.65. The monoisotopic (exact) mass is 374 g/mol. The lowest BCUT2D eigenvalue weighted by atomic mass is 10.1. The standard InChI is InChI=1S/C17H12BrClN2O/c18-11-4-1-10(2-5-11)3-6-12-7-8-13-14(19)9-15(20)17(22)16(13)21-12/h1-9,22H,20H2/b6-3+. The molecule has 1 heterocycles. The van der Waals surface area contributed by atoms with Gasteiger partial charge in [-0.3, -0.25) is 0 Å². The summed E-state index contributed by atoms with van der Waals surface area (Å²) >= 11 is 9.52. The third-order valence-electron chi connectivity index (χ3n) is 3.27. The number of pyridine rings is 1. The maximum atomic E-state index is 10.0. The van der Waals surface area contributed by atoms with Crippen molar-refractivity contribution in [3.8, 4) is 5.75 Å². The van der Waals surface area contributed by atoms with E-state index in [4.69, 9.17) is 17.3 Å². The molecule has 0 fully saturated rings. The fraction of sp³-hybridized carbons (Fsp3) is 0. The smallest absolute Gasteiger partial charge is 0.165 e. The number of rotatable bonds is 2. The number of nitrogens with zero attached hydrogens (tertiary/aromatic N) is 1. The zero-order valence-corrected chi connectivity index (χ0v) is 13.8. The fourth-order valence-electron chi connectivity index (χ4n) is 2.12. The molecule has 5 heteroatoms. The number of benzene rings is 2. The minimum Gasteiger partial charge on any atom is -0.504 e. The van der Waals surface area contributed by atoms with Crippen molar-refractivity contribution in [3.63, 3.8) is 0 Å². The predicted molar refractivity (Wildman–Crippen MR) is 95.9 cm³/mol. The van der Waals surface area contributed by atoms with Gasteiger partial charge in [0.05, 0.1) is 16.4 Å². The van der Waals surface area contributed by atoms with Gasteiger partial charge in [0.1, 0.15) is 5.52 Å². The van der Waals surface area contributed by atoms with Crippen LogP contribution in [-0.4, -0.2) is 10.1 Å². The van der Waals surface area contributed by atoms with Crippen molar-refractivity contribution in [2.45, 2.75) is 0 Å². The third kappa shape index (κ3) is 2.93. The van der Waals surface area contributed by atoms with E-state index in [0.29, 0.717) is 21.6 Å². The van der Waals surface area contributed by atoms with E-state index in [1.165, 1.54) is 6.07 Å². The van der Waals surface area contributed by atoms with Crippen molar-refractivity contribution >= 4 is 56.3 Å². The maximum absolute atomic E-state index is 10.0. The summed E-state index contributed by atoms with van der Waals surface area (Å²) in [4.78, 5) is 4.42. The van der Waals surface area contributed by atoms with Crippen LogP contribution in [-0.2, 0) is 0 Å². The molecular weight excluding hydrogens is 364 g/mol. The highest BCUT2D eigenvalue weighted by atomic mass is 79.9. The summed E-state index contributed by atoms with van der Waals surface area (Å²) in [5.41, 5.74) is 8.12. The van der Waals surface area contributed by atoms with Crippen LogP contribution in [0.3, 0.4) is 0 Å². The van der Waals surface area contributed by atoms with Crippen LogP contribution in [0.5, 0.6) is 5.75 Å². The molecule has 0 aliphatic carbocycles. The molecule has 0 amide bonds. The summed E-state index contributed by atoms with van der Waals surface area (Å²) < 4.78 is 1.03. The topological polar surface area (TPSA) is 59.1 Å². The Labute approximate surface area is 141 Å². The number of hydrogen-bond donors (Lipinski definition) is 2. The first-order valence-electron chi connectivity index (χ1n) is 6.56. The molecule has 110 valence electrons. The summed E-state index contributed by atoms with van der Waals surface area (Å²) in [6.45, 7) is 0. The first-order valence-corrected chi connectivity index (χ1v) is 7.73. The number of nitrogens with two attached hydrogens (primary N) is 1. The highest BCUT2D eigenvalue weighted by Gasteiger charge is 2.09. The van der Waals surface area contributed by atoms with E-state index < -0.39 is 0 Å². The molecular formula is C17H12BrClN2O. The maximum Gasteiger partial charge on any atom is 0.165 e. The molecule has 3 aromatic rings. The van der Waals surface area contributed by atoms with E-state index >= 15 is 0 Å². The summed E-state index contributed by atoms with van der Waals surface area (Å²) in [5, 5.41) is 11.2. The molecule has 0 radical (unpaired) electrons. The first-order chi connectivity index (χ1) is 10.5. The van der Waals surface area contributed by atoms with Gasteiger partial charge in [-0.2, -0.15) is 0 Å². The lowest BCUT2D eigenvalue weighted by molar-refractivity contribution is 0.483. The average Bonchev–Trinajstić information content (AvgIpc) is 2.52. The Bertz CT molecular complexity index is 876. The molecule has 0 saturated heterocycles. The minimum atomic E-state index is -0.0432. The average molecular weight is 376 g/mol. The second-order valence-electron chi connectivity index (χ2n) is 4.81. The van der Waals surface area contributed by atoms with Crippen LogP contribution < -0.4 is 5.73 Å². The van der Waals surface area contributed by atoms with E-state index in [-0.39, 0.29) is 11.4 Å². The van der Waals surface area contributed by atoms with Crippen LogP contribution >= 0.6 is 27.5 Å². The second kappa shape index (κ2) is 5.99. The molecule has 3 nitrogen and oxygen atoms in total. The molecule has 0 spiro atoms. The lowest BCUT2D eigenvalue weighted by Gasteiger charge is -2.06. The van der Waals surface area contributed by atoms with Crippen LogP contribution in [0.4, 0.5) is 5.69 Å². The summed E-state index contributed by atoms with van der Waals surface area (Å²) in [7, 11) is 0. The van der Waals surface area contributed by atoms with Gasteiger partial charge in [0.25, 0.3) is 0 Å². The van der Waals surface area contributed by atoms with Gasteiger partial charge in [0.2, 0.25) is 0 Å². The zero-order chi connectivity index (χ0) is 15.7. The van der Waals surface area contributed by atoms with Crippen molar-refractivity contribution < 1.29 is 5.11 Å². The Hall–Kier alpha value is -2.04. The Morgan fingerprint density at radius 3 is 2.55 bits per heavy atom. The van der Waals surface area contributed by atoms with E-state index in [0.717, 1.165) is 10.0 Å². The number of phenols is 1. The molecule has 0 bridgehead atoms. The van der Waals surface area contributed by atoms with Crippen molar-refractivity contribution in [1.29, 1.82) is 0 Å². The molecule has 0 aliphatic heterocycles. The van der Waals surface area contributed by atoms with Gasteiger partial charge < -0.3 is 10.8 Å². The number of aromatic nitrogens is 1. The molecule has 3 rings (SSSR count). The SMILES string of the molecule is Nc1cc(Cl)c2ccc(/C=C/c3ccc(Br)cc3)nc2c1O. The summed E-state index contributed by atoms with van der Waals surface area (Å²) in [6.07, 6.45) is 3.82. The second-order valence-corrected chi connectivity index (χ2v) is 6.14. The summed E-state index contributed by atoms with van der Waals surface area (Å²) in [5.74, 6) is -0.0432. The van der Waals surface area contributed by atoms with Crippen molar-refractivity contribution in [2.75, 3.05) is 5.73 Å². The number of fused-ring (bicyclic) bond motifs is 1. The van der Waals surface area contributed by atoms with Gasteiger partial charge >= 0.3 is 0 Å². The first kappa shape index (κ1) is 14.9. The molecule has 0 aliphatic rings. The lowest BCUT2D eigenvalue weighted by Crippen LogP contribution is -1.91. The molecule has 0 saturated carbocycles. The predicted octanol–water partition coefficient (Wildman–Crippen LogP) is 5.11. The third-order valence-corrected chi connectivity index (χ3v) is 4.11. The van der Waals surface area contributed by atoms with Crippen molar-refractivity contribution in [3.05, 3.63) is 63.2 Å². The normalized spacial score (nSPS) is 11.4. The van der Waals surface area contributed by atoms with E-state index in [9.17, 15) is 5.11 Å². The van der Waals surface area contributed by atoms with Gasteiger partial charge in [0.15, 0.2) is 5.75 Å². The molecule has 2 aromatic carbocycles. The van der Waals surface area contributed by atoms with Crippen molar-refractivity contribution in [1.82, 2.24) is 4.98 Å².